The Morgan fingerprint density at radius 1 is 1.23 bits per heavy atom. The Balaban J connectivity index is 2.19. The Hall–Kier alpha value is -2.91. The first-order valence-electron chi connectivity index (χ1n) is 7.65. The molecule has 26 heavy (non-hydrogen) atoms. The van der Waals surface area contributed by atoms with Crippen molar-refractivity contribution in [1.82, 2.24) is 4.98 Å². The van der Waals surface area contributed by atoms with E-state index in [0.717, 1.165) is 5.56 Å². The standard InChI is InChI=1S/C19H13ClF2N2O2/c1-10-13(8-11-2-4-12(9-23)5-3-11)18(26-19(21)22)24-17-14(20)6-7-15(25)16(10)17/h2-7,19,25H,8H2,1H3. The number of fused-ring (bicyclic) bond motifs is 1. The predicted octanol–water partition coefficient (Wildman–Crippen LogP) is 4.97. The minimum absolute atomic E-state index is 0.0425. The largest absolute Gasteiger partial charge is 0.507 e. The lowest BCUT2D eigenvalue weighted by atomic mass is 9.97. The smallest absolute Gasteiger partial charge is 0.388 e. The third kappa shape index (κ3) is 3.39. The van der Waals surface area contributed by atoms with E-state index in [1.807, 2.05) is 6.07 Å². The molecule has 0 atom stereocenters. The number of phenols is 1. The fraction of sp³-hybridized carbons (Fsp3) is 0.158. The number of ether oxygens (including phenoxy) is 1. The lowest BCUT2D eigenvalue weighted by Crippen LogP contribution is -2.09. The van der Waals surface area contributed by atoms with Gasteiger partial charge in [-0.05, 0) is 42.3 Å². The number of hydrogen-bond donors (Lipinski definition) is 1. The van der Waals surface area contributed by atoms with Crippen molar-refractivity contribution in [3.63, 3.8) is 0 Å². The van der Waals surface area contributed by atoms with Gasteiger partial charge in [-0.3, -0.25) is 0 Å². The summed E-state index contributed by atoms with van der Waals surface area (Å²) in [7, 11) is 0. The number of aromatic hydroxyl groups is 1. The van der Waals surface area contributed by atoms with Crippen LogP contribution in [0.2, 0.25) is 5.02 Å². The van der Waals surface area contributed by atoms with Crippen molar-refractivity contribution in [2.24, 2.45) is 0 Å². The highest BCUT2D eigenvalue weighted by Gasteiger charge is 2.20. The van der Waals surface area contributed by atoms with Crippen molar-refractivity contribution < 1.29 is 18.6 Å². The highest BCUT2D eigenvalue weighted by Crippen LogP contribution is 2.38. The van der Waals surface area contributed by atoms with Crippen LogP contribution in [-0.2, 0) is 6.42 Å². The molecule has 0 radical (unpaired) electrons. The van der Waals surface area contributed by atoms with E-state index in [1.54, 1.807) is 31.2 Å². The topological polar surface area (TPSA) is 66.1 Å². The number of nitrogens with zero attached hydrogens (tertiary/aromatic N) is 2. The minimum atomic E-state index is -3.05. The third-order valence-corrected chi connectivity index (χ3v) is 4.38. The molecule has 1 N–H and O–H groups in total. The van der Waals surface area contributed by atoms with Crippen LogP contribution in [0.25, 0.3) is 10.9 Å². The SMILES string of the molecule is Cc1c(Cc2ccc(C#N)cc2)c(OC(F)F)nc2c(Cl)ccc(O)c12. The first kappa shape index (κ1) is 17.9. The first-order valence-corrected chi connectivity index (χ1v) is 8.03. The summed E-state index contributed by atoms with van der Waals surface area (Å²) in [5.74, 6) is -0.277. The first-order chi connectivity index (χ1) is 12.4. The number of halogens is 3. The van der Waals surface area contributed by atoms with Crippen LogP contribution in [0.3, 0.4) is 0 Å². The molecule has 0 aliphatic rings. The van der Waals surface area contributed by atoms with E-state index in [-0.39, 0.29) is 28.6 Å². The van der Waals surface area contributed by atoms with Gasteiger partial charge in [0.25, 0.3) is 0 Å². The summed E-state index contributed by atoms with van der Waals surface area (Å²) < 4.78 is 30.3. The van der Waals surface area contributed by atoms with E-state index in [2.05, 4.69) is 9.72 Å². The van der Waals surface area contributed by atoms with Crippen LogP contribution in [0.4, 0.5) is 8.78 Å². The summed E-state index contributed by atoms with van der Waals surface area (Å²) in [6, 6.07) is 11.6. The van der Waals surface area contributed by atoms with Gasteiger partial charge in [-0.25, -0.2) is 4.98 Å². The molecule has 0 fully saturated rings. The quantitative estimate of drug-likeness (QED) is 0.700. The molecule has 0 amide bonds. The number of hydrogen-bond acceptors (Lipinski definition) is 4. The molecule has 0 aliphatic carbocycles. The number of alkyl halides is 2. The number of pyridine rings is 1. The highest BCUT2D eigenvalue weighted by molar-refractivity contribution is 6.35. The fourth-order valence-corrected chi connectivity index (χ4v) is 3.01. The molecule has 7 heteroatoms. The predicted molar refractivity (Wildman–Crippen MR) is 93.7 cm³/mol. The lowest BCUT2D eigenvalue weighted by Gasteiger charge is -2.16. The highest BCUT2D eigenvalue weighted by atomic mass is 35.5. The molecule has 4 nitrogen and oxygen atoms in total. The summed E-state index contributed by atoms with van der Waals surface area (Å²) in [6.45, 7) is -1.35. The molecule has 3 aromatic rings. The summed E-state index contributed by atoms with van der Waals surface area (Å²) in [6.07, 6.45) is 0.245. The van der Waals surface area contributed by atoms with Crippen LogP contribution in [0.5, 0.6) is 11.6 Å². The lowest BCUT2D eigenvalue weighted by molar-refractivity contribution is -0.0532. The molecule has 0 saturated heterocycles. The molecule has 3 rings (SSSR count). The molecule has 132 valence electrons. The molecule has 0 spiro atoms. The van der Waals surface area contributed by atoms with Crippen molar-refractivity contribution in [2.45, 2.75) is 20.0 Å². The number of phenolic OH excluding ortho intramolecular Hbond substituents is 1. The Morgan fingerprint density at radius 2 is 1.92 bits per heavy atom. The number of nitriles is 1. The van der Waals surface area contributed by atoms with Gasteiger partial charge in [0, 0.05) is 17.4 Å². The van der Waals surface area contributed by atoms with Gasteiger partial charge >= 0.3 is 6.61 Å². The van der Waals surface area contributed by atoms with E-state index < -0.39 is 6.61 Å². The van der Waals surface area contributed by atoms with Gasteiger partial charge in [0.2, 0.25) is 5.88 Å². The fourth-order valence-electron chi connectivity index (χ4n) is 2.81. The average molecular weight is 375 g/mol. The molecular weight excluding hydrogens is 362 g/mol. The van der Waals surface area contributed by atoms with Gasteiger partial charge < -0.3 is 9.84 Å². The molecule has 1 heterocycles. The Bertz CT molecular complexity index is 1010. The number of aryl methyl sites for hydroxylation is 1. The van der Waals surface area contributed by atoms with E-state index in [9.17, 15) is 13.9 Å². The van der Waals surface area contributed by atoms with E-state index in [4.69, 9.17) is 16.9 Å². The normalized spacial score (nSPS) is 10.9. The number of aromatic nitrogens is 1. The average Bonchev–Trinajstić information content (AvgIpc) is 2.61. The molecule has 2 aromatic carbocycles. The van der Waals surface area contributed by atoms with Gasteiger partial charge in [0.1, 0.15) is 5.75 Å². The van der Waals surface area contributed by atoms with Gasteiger partial charge in [0.15, 0.2) is 0 Å². The van der Waals surface area contributed by atoms with Crippen LogP contribution < -0.4 is 4.74 Å². The van der Waals surface area contributed by atoms with Crippen LogP contribution in [0.15, 0.2) is 36.4 Å². The van der Waals surface area contributed by atoms with E-state index in [1.165, 1.54) is 12.1 Å². The van der Waals surface area contributed by atoms with Crippen LogP contribution >= 0.6 is 11.6 Å². The molecule has 1 aromatic heterocycles. The van der Waals surface area contributed by atoms with Crippen molar-refractivity contribution >= 4 is 22.5 Å². The second-order valence-corrected chi connectivity index (χ2v) is 6.08. The van der Waals surface area contributed by atoms with E-state index >= 15 is 0 Å². The Kier molecular flexibility index (Phi) is 4.92. The molecule has 0 saturated carbocycles. The second kappa shape index (κ2) is 7.14. The molecule has 0 aliphatic heterocycles. The maximum Gasteiger partial charge on any atom is 0.388 e. The zero-order chi connectivity index (χ0) is 18.8. The minimum Gasteiger partial charge on any atom is -0.507 e. The van der Waals surface area contributed by atoms with Crippen LogP contribution in [0.1, 0.15) is 22.3 Å². The molecular formula is C19H13ClF2N2O2. The number of rotatable bonds is 4. The van der Waals surface area contributed by atoms with Gasteiger partial charge in [0.05, 0.1) is 22.2 Å². The molecule has 0 unspecified atom stereocenters. The summed E-state index contributed by atoms with van der Waals surface area (Å²) >= 11 is 6.11. The van der Waals surface area contributed by atoms with Crippen molar-refractivity contribution in [2.75, 3.05) is 0 Å². The third-order valence-electron chi connectivity index (χ3n) is 4.07. The van der Waals surface area contributed by atoms with Crippen molar-refractivity contribution in [1.29, 1.82) is 5.26 Å². The summed E-state index contributed by atoms with van der Waals surface area (Å²) in [5, 5.41) is 19.7. The zero-order valence-corrected chi connectivity index (χ0v) is 14.4. The maximum absolute atomic E-state index is 12.9. The number of benzene rings is 2. The molecule has 0 bridgehead atoms. The van der Waals surface area contributed by atoms with Crippen LogP contribution in [0, 0.1) is 18.3 Å². The van der Waals surface area contributed by atoms with Crippen molar-refractivity contribution in [3.8, 4) is 17.7 Å². The summed E-state index contributed by atoms with van der Waals surface area (Å²) in [5.41, 5.74) is 2.45. The van der Waals surface area contributed by atoms with Gasteiger partial charge in [-0.1, -0.05) is 23.7 Å². The maximum atomic E-state index is 12.9. The zero-order valence-electron chi connectivity index (χ0n) is 13.6. The monoisotopic (exact) mass is 374 g/mol. The summed E-state index contributed by atoms with van der Waals surface area (Å²) in [4.78, 5) is 4.12. The van der Waals surface area contributed by atoms with E-state index in [0.29, 0.717) is 22.1 Å². The Labute approximate surface area is 153 Å². The Morgan fingerprint density at radius 3 is 2.54 bits per heavy atom. The van der Waals surface area contributed by atoms with Crippen LogP contribution in [-0.4, -0.2) is 16.7 Å². The van der Waals surface area contributed by atoms with Gasteiger partial charge in [-0.2, -0.15) is 14.0 Å². The van der Waals surface area contributed by atoms with Gasteiger partial charge in [-0.15, -0.1) is 0 Å². The second-order valence-electron chi connectivity index (χ2n) is 5.67. The van der Waals surface area contributed by atoms with Crippen molar-refractivity contribution in [3.05, 3.63) is 63.7 Å².